The first-order chi connectivity index (χ1) is 16.3. The van der Waals surface area contributed by atoms with Crippen molar-refractivity contribution in [2.24, 2.45) is 0 Å². The molecule has 2 aromatic carbocycles. The molecular weight excluding hydrogens is 517 g/mol. The van der Waals surface area contributed by atoms with Crippen LogP contribution in [0, 0.1) is 0 Å². The van der Waals surface area contributed by atoms with Crippen LogP contribution in [0.3, 0.4) is 0 Å². The number of methoxy groups -OCH3 is 2. The van der Waals surface area contributed by atoms with Crippen LogP contribution in [0.2, 0.25) is 0 Å². The van der Waals surface area contributed by atoms with E-state index in [1.807, 2.05) is 0 Å². The van der Waals surface area contributed by atoms with Crippen molar-refractivity contribution >= 4 is 91.7 Å². The van der Waals surface area contributed by atoms with Gasteiger partial charge >= 0.3 is 11.9 Å². The monoisotopic (exact) mass is 530 g/mol. The van der Waals surface area contributed by atoms with Gasteiger partial charge in [0.1, 0.15) is 0 Å². The quantitative estimate of drug-likeness (QED) is 0.329. The average molecular weight is 531 g/mol. The third-order valence-corrected chi connectivity index (χ3v) is 7.67. The minimum atomic E-state index is -0.553. The van der Waals surface area contributed by atoms with Crippen LogP contribution < -0.4 is 9.80 Å². The van der Waals surface area contributed by atoms with Crippen molar-refractivity contribution in [3.63, 3.8) is 0 Å². The van der Waals surface area contributed by atoms with Gasteiger partial charge in [-0.1, -0.05) is 60.1 Å². The Hall–Kier alpha value is -3.06. The standard InChI is InChI=1S/C22H14N2O6S4/c1-29-19(27)11-5-3-7-13(9-11)23-17(25)15(33-21(23)31)16-18(26)24(22(32)34-16)14-8-4-6-12(10-14)20(28)30-2/h3-10H,1-2H3/b16-15+. The van der Waals surface area contributed by atoms with Crippen LogP contribution in [-0.4, -0.2) is 46.6 Å². The zero-order valence-corrected chi connectivity index (χ0v) is 20.9. The number of hydrogen-bond donors (Lipinski definition) is 0. The number of amides is 2. The topological polar surface area (TPSA) is 93.2 Å². The summed E-state index contributed by atoms with van der Waals surface area (Å²) in [6.45, 7) is 0. The van der Waals surface area contributed by atoms with E-state index in [2.05, 4.69) is 0 Å². The number of nitrogens with zero attached hydrogens (tertiary/aromatic N) is 2. The molecule has 2 fully saturated rings. The first-order valence-corrected chi connectivity index (χ1v) is 11.9. The maximum atomic E-state index is 13.3. The predicted octanol–water partition coefficient (Wildman–Crippen LogP) is 3.90. The Balaban J connectivity index is 1.68. The highest BCUT2D eigenvalue weighted by Crippen LogP contribution is 2.44. The lowest BCUT2D eigenvalue weighted by Crippen LogP contribution is -2.29. The maximum absolute atomic E-state index is 13.3. The number of rotatable bonds is 4. The maximum Gasteiger partial charge on any atom is 0.337 e. The first kappa shape index (κ1) is 24.1. The molecule has 2 aromatic rings. The molecule has 0 radical (unpaired) electrons. The Labute approximate surface area is 213 Å². The van der Waals surface area contributed by atoms with Crippen LogP contribution in [0.1, 0.15) is 20.7 Å². The van der Waals surface area contributed by atoms with Gasteiger partial charge in [-0.05, 0) is 36.4 Å². The largest absolute Gasteiger partial charge is 0.465 e. The molecular formula is C22H14N2O6S4. The normalized spacial score (nSPS) is 18.1. The molecule has 2 amide bonds. The van der Waals surface area contributed by atoms with Gasteiger partial charge in [0.2, 0.25) is 0 Å². The number of thiocarbonyl (C=S) groups is 2. The van der Waals surface area contributed by atoms with Crippen molar-refractivity contribution in [1.82, 2.24) is 0 Å². The van der Waals surface area contributed by atoms with Crippen molar-refractivity contribution in [3.8, 4) is 0 Å². The van der Waals surface area contributed by atoms with E-state index in [1.54, 1.807) is 36.4 Å². The summed E-state index contributed by atoms with van der Waals surface area (Å²) in [6, 6.07) is 12.6. The van der Waals surface area contributed by atoms with Crippen molar-refractivity contribution in [3.05, 3.63) is 69.5 Å². The lowest BCUT2D eigenvalue weighted by Gasteiger charge is -2.15. The zero-order chi connectivity index (χ0) is 24.6. The van der Waals surface area contributed by atoms with Crippen LogP contribution in [0.4, 0.5) is 11.4 Å². The highest BCUT2D eigenvalue weighted by molar-refractivity contribution is 8.30. The van der Waals surface area contributed by atoms with Crippen LogP contribution in [0.5, 0.6) is 0 Å². The van der Waals surface area contributed by atoms with Gasteiger partial charge in [-0.25, -0.2) is 9.59 Å². The van der Waals surface area contributed by atoms with Crippen LogP contribution in [0.15, 0.2) is 58.3 Å². The van der Waals surface area contributed by atoms with Gasteiger partial charge in [0.05, 0.1) is 46.5 Å². The Morgan fingerprint density at radius 3 is 1.47 bits per heavy atom. The van der Waals surface area contributed by atoms with Crippen molar-refractivity contribution in [2.45, 2.75) is 0 Å². The van der Waals surface area contributed by atoms with Gasteiger partial charge in [-0.3, -0.25) is 19.4 Å². The highest BCUT2D eigenvalue weighted by atomic mass is 32.2. The lowest BCUT2D eigenvalue weighted by molar-refractivity contribution is -0.115. The van der Waals surface area contributed by atoms with Gasteiger partial charge in [0.15, 0.2) is 8.64 Å². The minimum absolute atomic E-state index is 0.137. The molecule has 2 aliphatic heterocycles. The number of carbonyl (C=O) groups excluding carboxylic acids is 4. The Morgan fingerprint density at radius 2 is 1.12 bits per heavy atom. The number of anilines is 2. The summed E-state index contributed by atoms with van der Waals surface area (Å²) in [5.74, 6) is -2.11. The fraction of sp³-hybridized carbons (Fsp3) is 0.0909. The van der Waals surface area contributed by atoms with Crippen LogP contribution in [-0.2, 0) is 19.1 Å². The number of ether oxygens (including phenoxy) is 2. The molecule has 8 nitrogen and oxygen atoms in total. The van der Waals surface area contributed by atoms with E-state index >= 15 is 0 Å². The summed E-state index contributed by atoms with van der Waals surface area (Å²) in [6.07, 6.45) is 0. The number of benzene rings is 2. The molecule has 2 aliphatic rings. The van der Waals surface area contributed by atoms with E-state index in [1.165, 1.54) is 36.2 Å². The average Bonchev–Trinajstić information content (AvgIpc) is 3.31. The zero-order valence-electron chi connectivity index (χ0n) is 17.6. The Morgan fingerprint density at radius 1 is 0.735 bits per heavy atom. The van der Waals surface area contributed by atoms with E-state index in [4.69, 9.17) is 33.9 Å². The van der Waals surface area contributed by atoms with Gasteiger partial charge < -0.3 is 9.47 Å². The molecule has 12 heteroatoms. The molecule has 2 saturated heterocycles. The second-order valence-electron chi connectivity index (χ2n) is 6.76. The van der Waals surface area contributed by atoms with E-state index in [0.29, 0.717) is 11.4 Å². The highest BCUT2D eigenvalue weighted by Gasteiger charge is 2.43. The van der Waals surface area contributed by atoms with Crippen LogP contribution in [0.25, 0.3) is 0 Å². The first-order valence-electron chi connectivity index (χ1n) is 9.50. The summed E-state index contributed by atoms with van der Waals surface area (Å²) in [5, 5.41) is 0. The molecule has 4 rings (SSSR count). The van der Waals surface area contributed by atoms with E-state index in [-0.39, 0.29) is 29.6 Å². The molecule has 0 spiro atoms. The van der Waals surface area contributed by atoms with E-state index in [0.717, 1.165) is 23.5 Å². The van der Waals surface area contributed by atoms with Crippen molar-refractivity contribution in [2.75, 3.05) is 24.0 Å². The van der Waals surface area contributed by atoms with E-state index in [9.17, 15) is 19.2 Å². The second-order valence-corrected chi connectivity index (χ2v) is 10.0. The number of thioether (sulfide) groups is 2. The van der Waals surface area contributed by atoms with Crippen LogP contribution >= 0.6 is 48.0 Å². The van der Waals surface area contributed by atoms with Gasteiger partial charge in [-0.15, -0.1) is 0 Å². The van der Waals surface area contributed by atoms with Gasteiger partial charge in [0.25, 0.3) is 11.8 Å². The fourth-order valence-corrected chi connectivity index (χ4v) is 5.99. The summed E-state index contributed by atoms with van der Waals surface area (Å²) in [7, 11) is 2.52. The fourth-order valence-electron chi connectivity index (χ4n) is 3.23. The summed E-state index contributed by atoms with van der Waals surface area (Å²) in [5.41, 5.74) is 1.26. The molecule has 2 heterocycles. The van der Waals surface area contributed by atoms with Crippen molar-refractivity contribution < 1.29 is 28.7 Å². The molecule has 0 aliphatic carbocycles. The molecule has 0 atom stereocenters. The second kappa shape index (κ2) is 9.66. The molecule has 0 N–H and O–H groups in total. The lowest BCUT2D eigenvalue weighted by atomic mass is 10.2. The minimum Gasteiger partial charge on any atom is -0.465 e. The third kappa shape index (κ3) is 4.25. The SMILES string of the molecule is COC(=O)c1cccc(N2C(=O)/C(=C3\SC(=S)N(c4cccc(C(=O)OC)c4)C3=O)SC2=S)c1. The van der Waals surface area contributed by atoms with Gasteiger partial charge in [-0.2, -0.15) is 0 Å². The molecule has 0 aromatic heterocycles. The predicted molar refractivity (Wildman–Crippen MR) is 138 cm³/mol. The van der Waals surface area contributed by atoms with E-state index < -0.39 is 23.8 Å². The molecule has 172 valence electrons. The molecule has 0 unspecified atom stereocenters. The summed E-state index contributed by atoms with van der Waals surface area (Å²) >= 11 is 12.8. The molecule has 0 bridgehead atoms. The molecule has 0 saturated carbocycles. The summed E-state index contributed by atoms with van der Waals surface area (Å²) in [4.78, 5) is 53.1. The number of carbonyl (C=O) groups is 4. The van der Waals surface area contributed by atoms with Gasteiger partial charge in [0, 0.05) is 0 Å². The molecule has 34 heavy (non-hydrogen) atoms. The smallest absolute Gasteiger partial charge is 0.337 e. The number of esters is 2. The number of hydrogen-bond acceptors (Lipinski definition) is 10. The summed E-state index contributed by atoms with van der Waals surface area (Å²) < 4.78 is 9.88. The Kier molecular flexibility index (Phi) is 6.84. The third-order valence-electron chi connectivity index (χ3n) is 4.80. The van der Waals surface area contributed by atoms with Crippen molar-refractivity contribution in [1.29, 1.82) is 0 Å². The Bertz CT molecular complexity index is 1220.